The summed E-state index contributed by atoms with van der Waals surface area (Å²) in [7, 11) is -1.42. The van der Waals surface area contributed by atoms with Gasteiger partial charge in [-0.05, 0) is 0 Å². The van der Waals surface area contributed by atoms with E-state index in [0.717, 1.165) is 6.07 Å². The molecule has 18 heavy (non-hydrogen) atoms. The number of nitrogen functional groups attached to an aromatic ring is 1. The Morgan fingerprint density at radius 2 is 1.83 bits per heavy atom. The summed E-state index contributed by atoms with van der Waals surface area (Å²) in [5.41, 5.74) is 5.80. The molecule has 0 saturated carbocycles. The summed E-state index contributed by atoms with van der Waals surface area (Å²) in [6.07, 6.45) is 0. The SMILES string of the molecule is COc1cc(S(=O)(=O)CC(=O)O)c(OC)cc1N. The third-order valence-electron chi connectivity index (χ3n) is 2.16. The third-order valence-corrected chi connectivity index (χ3v) is 3.78. The number of carbonyl (C=O) groups is 1. The zero-order valence-electron chi connectivity index (χ0n) is 9.84. The van der Waals surface area contributed by atoms with Crippen LogP contribution in [0.25, 0.3) is 0 Å². The van der Waals surface area contributed by atoms with Gasteiger partial charge in [0.2, 0.25) is 0 Å². The van der Waals surface area contributed by atoms with Crippen LogP contribution in [-0.2, 0) is 14.6 Å². The maximum Gasteiger partial charge on any atom is 0.319 e. The van der Waals surface area contributed by atoms with Crippen molar-refractivity contribution >= 4 is 21.5 Å². The van der Waals surface area contributed by atoms with Gasteiger partial charge in [-0.3, -0.25) is 4.79 Å². The van der Waals surface area contributed by atoms with Gasteiger partial charge in [0.1, 0.15) is 16.4 Å². The maximum absolute atomic E-state index is 11.8. The maximum atomic E-state index is 11.8. The molecule has 0 unspecified atom stereocenters. The second-order valence-electron chi connectivity index (χ2n) is 3.40. The Kier molecular flexibility index (Phi) is 4.02. The monoisotopic (exact) mass is 275 g/mol. The molecule has 0 aliphatic heterocycles. The first kappa shape index (κ1) is 14.1. The van der Waals surface area contributed by atoms with Crippen molar-refractivity contribution in [3.8, 4) is 11.5 Å². The van der Waals surface area contributed by atoms with Crippen LogP contribution >= 0.6 is 0 Å². The number of ether oxygens (including phenoxy) is 2. The van der Waals surface area contributed by atoms with E-state index in [0.29, 0.717) is 0 Å². The Labute approximate surface area is 104 Å². The van der Waals surface area contributed by atoms with Crippen LogP contribution in [0.3, 0.4) is 0 Å². The predicted molar refractivity (Wildman–Crippen MR) is 63.6 cm³/mol. The van der Waals surface area contributed by atoms with Crippen LogP contribution in [0.2, 0.25) is 0 Å². The normalized spacial score (nSPS) is 11.0. The minimum atomic E-state index is -4.01. The summed E-state index contributed by atoms with van der Waals surface area (Å²) >= 11 is 0. The number of nitrogens with two attached hydrogens (primary N) is 1. The number of hydrogen-bond donors (Lipinski definition) is 2. The highest BCUT2D eigenvalue weighted by Gasteiger charge is 2.24. The van der Waals surface area contributed by atoms with Crippen LogP contribution < -0.4 is 15.2 Å². The highest BCUT2D eigenvalue weighted by molar-refractivity contribution is 7.92. The predicted octanol–water partition coefficient (Wildman–Crippen LogP) is 0.144. The average molecular weight is 275 g/mol. The summed E-state index contributed by atoms with van der Waals surface area (Å²) < 4.78 is 33.5. The summed E-state index contributed by atoms with van der Waals surface area (Å²) in [5.74, 6) is -2.36. The highest BCUT2D eigenvalue weighted by Crippen LogP contribution is 2.34. The lowest BCUT2D eigenvalue weighted by Gasteiger charge is -2.12. The molecule has 0 aromatic heterocycles. The first-order valence-corrected chi connectivity index (χ1v) is 6.43. The fourth-order valence-corrected chi connectivity index (χ4v) is 2.59. The molecule has 8 heteroatoms. The molecule has 0 radical (unpaired) electrons. The first-order valence-electron chi connectivity index (χ1n) is 4.78. The highest BCUT2D eigenvalue weighted by atomic mass is 32.2. The Bertz CT molecular complexity index is 566. The summed E-state index contributed by atoms with van der Waals surface area (Å²) in [6.45, 7) is 0. The first-order chi connectivity index (χ1) is 8.31. The van der Waals surface area contributed by atoms with Crippen molar-refractivity contribution in [3.05, 3.63) is 12.1 Å². The van der Waals surface area contributed by atoms with Crippen molar-refractivity contribution in [3.63, 3.8) is 0 Å². The molecule has 0 bridgehead atoms. The van der Waals surface area contributed by atoms with E-state index in [4.69, 9.17) is 20.3 Å². The van der Waals surface area contributed by atoms with Crippen LogP contribution in [0.15, 0.2) is 17.0 Å². The van der Waals surface area contributed by atoms with Gasteiger partial charge in [0.05, 0.1) is 19.9 Å². The number of anilines is 1. The van der Waals surface area contributed by atoms with Crippen molar-refractivity contribution < 1.29 is 27.8 Å². The molecular formula is C10H13NO6S. The van der Waals surface area contributed by atoms with Gasteiger partial charge >= 0.3 is 5.97 Å². The lowest BCUT2D eigenvalue weighted by atomic mass is 10.3. The van der Waals surface area contributed by atoms with E-state index in [1.54, 1.807) is 0 Å². The van der Waals surface area contributed by atoms with Crippen LogP contribution in [0.5, 0.6) is 11.5 Å². The number of methoxy groups -OCH3 is 2. The fraction of sp³-hybridized carbons (Fsp3) is 0.300. The molecular weight excluding hydrogens is 262 g/mol. The fourth-order valence-electron chi connectivity index (χ4n) is 1.38. The lowest BCUT2D eigenvalue weighted by Crippen LogP contribution is -2.16. The van der Waals surface area contributed by atoms with Gasteiger partial charge in [-0.15, -0.1) is 0 Å². The Morgan fingerprint density at radius 3 is 2.28 bits per heavy atom. The number of carboxylic acid groups (broad SMARTS) is 1. The van der Waals surface area contributed by atoms with E-state index in [2.05, 4.69) is 0 Å². The molecule has 0 aliphatic rings. The number of carboxylic acids is 1. The van der Waals surface area contributed by atoms with Gasteiger partial charge in [0.25, 0.3) is 0 Å². The lowest BCUT2D eigenvalue weighted by molar-refractivity contribution is -0.134. The topological polar surface area (TPSA) is 116 Å². The Balaban J connectivity index is 3.43. The molecule has 1 aromatic carbocycles. The van der Waals surface area contributed by atoms with Crippen molar-refractivity contribution in [2.45, 2.75) is 4.90 Å². The molecule has 0 spiro atoms. The van der Waals surface area contributed by atoms with Gasteiger partial charge in [0.15, 0.2) is 15.6 Å². The van der Waals surface area contributed by atoms with Crippen molar-refractivity contribution in [1.82, 2.24) is 0 Å². The second kappa shape index (κ2) is 5.13. The van der Waals surface area contributed by atoms with Crippen LogP contribution in [0.1, 0.15) is 0 Å². The van der Waals surface area contributed by atoms with Crippen LogP contribution in [0, 0.1) is 0 Å². The van der Waals surface area contributed by atoms with E-state index >= 15 is 0 Å². The molecule has 0 aliphatic carbocycles. The minimum absolute atomic E-state index is 0.0189. The van der Waals surface area contributed by atoms with Crippen LogP contribution in [-0.4, -0.2) is 39.5 Å². The number of hydrogen-bond acceptors (Lipinski definition) is 6. The molecule has 0 atom stereocenters. The van der Waals surface area contributed by atoms with Crippen LogP contribution in [0.4, 0.5) is 5.69 Å². The molecule has 0 saturated heterocycles. The average Bonchev–Trinajstić information content (AvgIpc) is 2.26. The standard InChI is InChI=1S/C10H13NO6S/c1-16-7-4-9(8(17-2)3-6(7)11)18(14,15)5-10(12)13/h3-4H,5,11H2,1-2H3,(H,12,13). The van der Waals surface area contributed by atoms with Crippen molar-refractivity contribution in [2.24, 2.45) is 0 Å². The smallest absolute Gasteiger partial charge is 0.319 e. The number of rotatable bonds is 5. The van der Waals surface area contributed by atoms with Gasteiger partial charge in [-0.1, -0.05) is 0 Å². The minimum Gasteiger partial charge on any atom is -0.495 e. The molecule has 1 aromatic rings. The number of sulfone groups is 1. The zero-order valence-corrected chi connectivity index (χ0v) is 10.7. The van der Waals surface area contributed by atoms with Crippen molar-refractivity contribution in [1.29, 1.82) is 0 Å². The number of aliphatic carboxylic acids is 1. The van der Waals surface area contributed by atoms with E-state index in [-0.39, 0.29) is 22.1 Å². The van der Waals surface area contributed by atoms with E-state index in [9.17, 15) is 13.2 Å². The van der Waals surface area contributed by atoms with E-state index < -0.39 is 21.6 Å². The van der Waals surface area contributed by atoms with E-state index in [1.807, 2.05) is 0 Å². The second-order valence-corrected chi connectivity index (χ2v) is 5.36. The summed E-state index contributed by atoms with van der Waals surface area (Å²) in [6, 6.07) is 2.42. The molecule has 1 rings (SSSR count). The summed E-state index contributed by atoms with van der Waals surface area (Å²) in [4.78, 5) is 10.3. The van der Waals surface area contributed by atoms with Crippen molar-refractivity contribution in [2.75, 3.05) is 25.7 Å². The Hall–Kier alpha value is -1.96. The molecule has 7 nitrogen and oxygen atoms in total. The number of benzene rings is 1. The quantitative estimate of drug-likeness (QED) is 0.734. The summed E-state index contributed by atoms with van der Waals surface area (Å²) in [5, 5.41) is 8.58. The molecule has 3 N–H and O–H groups in total. The third kappa shape index (κ3) is 2.83. The van der Waals surface area contributed by atoms with E-state index in [1.165, 1.54) is 20.3 Å². The molecule has 0 fully saturated rings. The van der Waals surface area contributed by atoms with Gasteiger partial charge in [-0.2, -0.15) is 0 Å². The van der Waals surface area contributed by atoms with Gasteiger partial charge < -0.3 is 20.3 Å². The largest absolute Gasteiger partial charge is 0.495 e. The Morgan fingerprint density at radius 1 is 1.28 bits per heavy atom. The zero-order chi connectivity index (χ0) is 13.9. The van der Waals surface area contributed by atoms with Gasteiger partial charge in [0, 0.05) is 12.1 Å². The molecule has 100 valence electrons. The molecule has 0 amide bonds. The van der Waals surface area contributed by atoms with Gasteiger partial charge in [-0.25, -0.2) is 8.42 Å². The molecule has 0 heterocycles.